The predicted octanol–water partition coefficient (Wildman–Crippen LogP) is 2.83. The first-order chi connectivity index (χ1) is 6.28. The molecule has 1 aromatic rings. The Hall–Kier alpha value is -0.630. The minimum Gasteiger partial charge on any atom is -0.303 e. The summed E-state index contributed by atoms with van der Waals surface area (Å²) in [5.74, 6) is 0. The number of hydrogen-bond donors (Lipinski definition) is 0. The standard InChI is InChI=1S/C11H14OS/c1-2-9-3-4-10(13-9)7-11(8-12)5-6-11/h3-4,8H,2,5-7H2,1H3. The van der Waals surface area contributed by atoms with Crippen molar-refractivity contribution in [3.8, 4) is 0 Å². The van der Waals surface area contributed by atoms with E-state index in [1.165, 1.54) is 9.75 Å². The number of aldehydes is 1. The van der Waals surface area contributed by atoms with Crippen LogP contribution in [0, 0.1) is 5.41 Å². The maximum Gasteiger partial charge on any atom is 0.126 e. The molecule has 0 aromatic carbocycles. The topological polar surface area (TPSA) is 17.1 Å². The smallest absolute Gasteiger partial charge is 0.126 e. The van der Waals surface area contributed by atoms with Gasteiger partial charge in [-0.25, -0.2) is 0 Å². The fourth-order valence-electron chi connectivity index (χ4n) is 1.55. The SMILES string of the molecule is CCc1ccc(CC2(C=O)CC2)s1. The molecule has 0 amide bonds. The van der Waals surface area contributed by atoms with E-state index < -0.39 is 0 Å². The molecule has 0 N–H and O–H groups in total. The zero-order valence-electron chi connectivity index (χ0n) is 7.88. The van der Waals surface area contributed by atoms with Gasteiger partial charge in [-0.2, -0.15) is 0 Å². The molecular formula is C11H14OS. The summed E-state index contributed by atoms with van der Waals surface area (Å²) in [6, 6.07) is 4.36. The largest absolute Gasteiger partial charge is 0.303 e. The van der Waals surface area contributed by atoms with Crippen molar-refractivity contribution in [3.05, 3.63) is 21.9 Å². The number of hydrogen-bond acceptors (Lipinski definition) is 2. The number of carbonyl (C=O) groups excluding carboxylic acids is 1. The maximum absolute atomic E-state index is 10.8. The fraction of sp³-hybridized carbons (Fsp3) is 0.545. The second-order valence-corrected chi connectivity index (χ2v) is 5.13. The van der Waals surface area contributed by atoms with Gasteiger partial charge in [0.25, 0.3) is 0 Å². The monoisotopic (exact) mass is 194 g/mol. The van der Waals surface area contributed by atoms with Crippen molar-refractivity contribution < 1.29 is 4.79 Å². The highest BCUT2D eigenvalue weighted by Crippen LogP contribution is 2.47. The van der Waals surface area contributed by atoms with E-state index in [9.17, 15) is 4.79 Å². The Balaban J connectivity index is 2.05. The first kappa shape index (κ1) is 8.95. The summed E-state index contributed by atoms with van der Waals surface area (Å²) >= 11 is 1.86. The molecule has 0 saturated heterocycles. The normalized spacial score (nSPS) is 18.5. The van der Waals surface area contributed by atoms with E-state index in [-0.39, 0.29) is 5.41 Å². The third-order valence-electron chi connectivity index (χ3n) is 2.73. The van der Waals surface area contributed by atoms with Crippen molar-refractivity contribution in [3.63, 3.8) is 0 Å². The average molecular weight is 194 g/mol. The number of rotatable bonds is 4. The summed E-state index contributed by atoms with van der Waals surface area (Å²) in [4.78, 5) is 13.6. The summed E-state index contributed by atoms with van der Waals surface area (Å²) in [6.07, 6.45) is 5.42. The van der Waals surface area contributed by atoms with Gasteiger partial charge < -0.3 is 4.79 Å². The molecule has 0 spiro atoms. The fourth-order valence-corrected chi connectivity index (χ4v) is 2.66. The molecule has 0 aliphatic heterocycles. The Morgan fingerprint density at radius 2 is 2.15 bits per heavy atom. The van der Waals surface area contributed by atoms with Crippen molar-refractivity contribution in [2.45, 2.75) is 32.6 Å². The summed E-state index contributed by atoms with van der Waals surface area (Å²) in [5, 5.41) is 0. The molecule has 2 rings (SSSR count). The molecule has 2 heteroatoms. The van der Waals surface area contributed by atoms with Crippen LogP contribution < -0.4 is 0 Å². The molecular weight excluding hydrogens is 180 g/mol. The summed E-state index contributed by atoms with van der Waals surface area (Å²) < 4.78 is 0. The summed E-state index contributed by atoms with van der Waals surface area (Å²) in [7, 11) is 0. The molecule has 1 aliphatic carbocycles. The molecule has 0 radical (unpaired) electrons. The van der Waals surface area contributed by atoms with E-state index in [4.69, 9.17) is 0 Å². The molecule has 0 unspecified atom stereocenters. The van der Waals surface area contributed by atoms with Gasteiger partial charge in [0.1, 0.15) is 6.29 Å². The van der Waals surface area contributed by atoms with Crippen LogP contribution in [0.25, 0.3) is 0 Å². The first-order valence-electron chi connectivity index (χ1n) is 4.82. The van der Waals surface area contributed by atoms with E-state index in [1.54, 1.807) is 0 Å². The Bertz CT molecular complexity index is 310. The minimum absolute atomic E-state index is 0.0376. The van der Waals surface area contributed by atoms with E-state index in [1.807, 2.05) is 11.3 Å². The molecule has 1 aromatic heterocycles. The quantitative estimate of drug-likeness (QED) is 0.674. The van der Waals surface area contributed by atoms with Crippen LogP contribution in [-0.2, 0) is 17.6 Å². The molecule has 0 atom stereocenters. The van der Waals surface area contributed by atoms with Crippen molar-refractivity contribution in [2.24, 2.45) is 5.41 Å². The zero-order valence-corrected chi connectivity index (χ0v) is 8.69. The van der Waals surface area contributed by atoms with Gasteiger partial charge in [0, 0.05) is 15.2 Å². The van der Waals surface area contributed by atoms with Crippen molar-refractivity contribution in [1.29, 1.82) is 0 Å². The van der Waals surface area contributed by atoms with Crippen molar-refractivity contribution >= 4 is 17.6 Å². The summed E-state index contributed by atoms with van der Waals surface area (Å²) in [6.45, 7) is 2.17. The van der Waals surface area contributed by atoms with Crippen LogP contribution >= 0.6 is 11.3 Å². The van der Waals surface area contributed by atoms with Crippen LogP contribution in [0.4, 0.5) is 0 Å². The van der Waals surface area contributed by atoms with Crippen LogP contribution in [0.15, 0.2) is 12.1 Å². The molecule has 0 bridgehead atoms. The first-order valence-corrected chi connectivity index (χ1v) is 5.63. The van der Waals surface area contributed by atoms with Crippen LogP contribution in [0.1, 0.15) is 29.5 Å². The van der Waals surface area contributed by atoms with Gasteiger partial charge >= 0.3 is 0 Å². The van der Waals surface area contributed by atoms with Gasteiger partial charge in [-0.3, -0.25) is 0 Å². The van der Waals surface area contributed by atoms with Crippen LogP contribution in [0.2, 0.25) is 0 Å². The highest BCUT2D eigenvalue weighted by molar-refractivity contribution is 7.12. The van der Waals surface area contributed by atoms with Crippen molar-refractivity contribution in [2.75, 3.05) is 0 Å². The second-order valence-electron chi connectivity index (χ2n) is 3.88. The van der Waals surface area contributed by atoms with E-state index in [0.29, 0.717) is 0 Å². The lowest BCUT2D eigenvalue weighted by Crippen LogP contribution is -2.04. The van der Waals surface area contributed by atoms with Crippen LogP contribution in [0.5, 0.6) is 0 Å². The van der Waals surface area contributed by atoms with E-state index >= 15 is 0 Å². The Kier molecular flexibility index (Phi) is 2.24. The number of aryl methyl sites for hydroxylation is 1. The Morgan fingerprint density at radius 3 is 2.62 bits per heavy atom. The van der Waals surface area contributed by atoms with Gasteiger partial charge in [-0.15, -0.1) is 11.3 Å². The molecule has 1 aliphatic rings. The molecule has 1 saturated carbocycles. The van der Waals surface area contributed by atoms with E-state index in [0.717, 1.165) is 32.0 Å². The lowest BCUT2D eigenvalue weighted by Gasteiger charge is -2.02. The van der Waals surface area contributed by atoms with Gasteiger partial charge in [0.2, 0.25) is 0 Å². The van der Waals surface area contributed by atoms with Gasteiger partial charge in [0.15, 0.2) is 0 Å². The lowest BCUT2D eigenvalue weighted by molar-refractivity contribution is -0.112. The highest BCUT2D eigenvalue weighted by Gasteiger charge is 2.42. The number of carbonyl (C=O) groups is 1. The third kappa shape index (κ3) is 1.83. The number of thiophene rings is 1. The van der Waals surface area contributed by atoms with Gasteiger partial charge in [-0.05, 0) is 37.8 Å². The van der Waals surface area contributed by atoms with Gasteiger partial charge in [0.05, 0.1) is 0 Å². The van der Waals surface area contributed by atoms with Crippen LogP contribution in [0.3, 0.4) is 0 Å². The van der Waals surface area contributed by atoms with E-state index in [2.05, 4.69) is 19.1 Å². The molecule has 1 fully saturated rings. The molecule has 13 heavy (non-hydrogen) atoms. The van der Waals surface area contributed by atoms with Crippen LogP contribution in [-0.4, -0.2) is 6.29 Å². The predicted molar refractivity (Wildman–Crippen MR) is 55.1 cm³/mol. The zero-order chi connectivity index (χ0) is 9.31. The summed E-state index contributed by atoms with van der Waals surface area (Å²) in [5.41, 5.74) is 0.0376. The molecule has 1 nitrogen and oxygen atoms in total. The Labute approximate surface area is 82.8 Å². The van der Waals surface area contributed by atoms with Crippen molar-refractivity contribution in [1.82, 2.24) is 0 Å². The molecule has 1 heterocycles. The third-order valence-corrected chi connectivity index (χ3v) is 3.96. The maximum atomic E-state index is 10.8. The molecule has 70 valence electrons. The van der Waals surface area contributed by atoms with Gasteiger partial charge in [-0.1, -0.05) is 6.92 Å². The highest BCUT2D eigenvalue weighted by atomic mass is 32.1. The minimum atomic E-state index is 0.0376. The lowest BCUT2D eigenvalue weighted by atomic mass is 10.0. The average Bonchev–Trinajstić information content (AvgIpc) is 2.77. The second kappa shape index (κ2) is 3.26. The Morgan fingerprint density at radius 1 is 1.46 bits per heavy atom.